The minimum atomic E-state index is 0.188. The molecule has 0 spiro atoms. The zero-order valence-corrected chi connectivity index (χ0v) is 18.3. The van der Waals surface area contributed by atoms with E-state index in [0.717, 1.165) is 57.7 Å². The highest BCUT2D eigenvalue weighted by Gasteiger charge is 2.24. The van der Waals surface area contributed by atoms with Crippen molar-refractivity contribution in [1.82, 2.24) is 9.88 Å². The summed E-state index contributed by atoms with van der Waals surface area (Å²) in [6.45, 7) is 5.08. The van der Waals surface area contributed by atoms with Gasteiger partial charge in [-0.15, -0.1) is 0 Å². The molecule has 6 heteroatoms. The molecule has 152 valence electrons. The van der Waals surface area contributed by atoms with Gasteiger partial charge in [0.15, 0.2) is 5.13 Å². The third-order valence-corrected chi connectivity index (χ3v) is 7.33. The number of benzene rings is 3. The average molecular weight is 436 g/mol. The Morgan fingerprint density at radius 1 is 1.03 bits per heavy atom. The summed E-state index contributed by atoms with van der Waals surface area (Å²) in [5.74, 6) is 0.188. The molecule has 3 aromatic carbocycles. The fraction of sp³-hybridized carbons (Fsp3) is 0.250. The number of carbonyl (C=O) groups is 1. The number of fused-ring (bicyclic) bond motifs is 2. The number of carbonyl (C=O) groups excluding carboxylic acids is 1. The van der Waals surface area contributed by atoms with Crippen molar-refractivity contribution in [2.75, 3.05) is 31.1 Å². The van der Waals surface area contributed by atoms with Gasteiger partial charge in [-0.3, -0.25) is 4.79 Å². The quantitative estimate of drug-likeness (QED) is 0.438. The maximum atomic E-state index is 12.9. The fourth-order valence-corrected chi connectivity index (χ4v) is 5.38. The van der Waals surface area contributed by atoms with Crippen LogP contribution in [0.15, 0.2) is 54.6 Å². The number of thiazole rings is 1. The Kier molecular flexibility index (Phi) is 5.09. The SMILES string of the molecule is Cc1ccc(Cl)c2sc(N3CCN(C(=O)Cc4ccc5ccccc5c4)CC3)nc12. The second-order valence-electron chi connectivity index (χ2n) is 7.76. The number of aryl methyl sites for hydroxylation is 1. The van der Waals surface area contributed by atoms with Gasteiger partial charge in [0.05, 0.1) is 21.7 Å². The monoisotopic (exact) mass is 435 g/mol. The summed E-state index contributed by atoms with van der Waals surface area (Å²) in [5, 5.41) is 4.12. The summed E-state index contributed by atoms with van der Waals surface area (Å²) >= 11 is 8.00. The van der Waals surface area contributed by atoms with Gasteiger partial charge in [-0.05, 0) is 34.9 Å². The molecule has 2 heterocycles. The third kappa shape index (κ3) is 3.64. The van der Waals surface area contributed by atoms with E-state index < -0.39 is 0 Å². The standard InChI is InChI=1S/C24H22ClN3OS/c1-16-6-9-20(25)23-22(16)26-24(30-23)28-12-10-27(11-13-28)21(29)15-17-7-8-18-4-2-3-5-19(18)14-17/h2-9,14H,10-13,15H2,1H3. The molecule has 0 aliphatic carbocycles. The largest absolute Gasteiger partial charge is 0.345 e. The van der Waals surface area contributed by atoms with Crippen molar-refractivity contribution in [2.45, 2.75) is 13.3 Å². The minimum absolute atomic E-state index is 0.188. The number of piperazine rings is 1. The first-order valence-corrected chi connectivity index (χ1v) is 11.3. The Hall–Kier alpha value is -2.63. The Morgan fingerprint density at radius 3 is 2.57 bits per heavy atom. The second kappa shape index (κ2) is 7.89. The van der Waals surface area contributed by atoms with Crippen LogP contribution in [0.4, 0.5) is 5.13 Å². The number of hydrogen-bond donors (Lipinski definition) is 0. The molecule has 30 heavy (non-hydrogen) atoms. The average Bonchev–Trinajstić information content (AvgIpc) is 3.23. The van der Waals surface area contributed by atoms with Gasteiger partial charge in [0.25, 0.3) is 0 Å². The van der Waals surface area contributed by atoms with Gasteiger partial charge < -0.3 is 9.80 Å². The third-order valence-electron chi connectivity index (χ3n) is 5.76. The minimum Gasteiger partial charge on any atom is -0.345 e. The normalized spacial score (nSPS) is 14.6. The lowest BCUT2D eigenvalue weighted by Crippen LogP contribution is -2.49. The van der Waals surface area contributed by atoms with Crippen LogP contribution >= 0.6 is 22.9 Å². The molecular weight excluding hydrogens is 414 g/mol. The van der Waals surface area contributed by atoms with Crippen LogP contribution in [0.2, 0.25) is 5.02 Å². The Bertz CT molecular complexity index is 1200. The van der Waals surface area contributed by atoms with Crippen molar-refractivity contribution in [2.24, 2.45) is 0 Å². The van der Waals surface area contributed by atoms with E-state index in [1.807, 2.05) is 29.2 Å². The van der Waals surface area contributed by atoms with Crippen LogP contribution in [0, 0.1) is 6.92 Å². The smallest absolute Gasteiger partial charge is 0.227 e. The molecule has 5 rings (SSSR count). The number of anilines is 1. The van der Waals surface area contributed by atoms with Crippen LogP contribution < -0.4 is 4.90 Å². The summed E-state index contributed by atoms with van der Waals surface area (Å²) in [6.07, 6.45) is 0.445. The lowest BCUT2D eigenvalue weighted by molar-refractivity contribution is -0.130. The molecule has 0 unspecified atom stereocenters. The summed E-state index contributed by atoms with van der Waals surface area (Å²) in [7, 11) is 0. The number of rotatable bonds is 3. The Labute approximate surface area is 184 Å². The molecule has 0 N–H and O–H groups in total. The number of aromatic nitrogens is 1. The molecular formula is C24H22ClN3OS. The van der Waals surface area contributed by atoms with Crippen LogP contribution in [-0.4, -0.2) is 42.0 Å². The van der Waals surface area contributed by atoms with Crippen molar-refractivity contribution < 1.29 is 4.79 Å². The predicted molar refractivity (Wildman–Crippen MR) is 126 cm³/mol. The van der Waals surface area contributed by atoms with Crippen LogP contribution in [0.5, 0.6) is 0 Å². The number of nitrogens with zero attached hydrogens (tertiary/aromatic N) is 3. The van der Waals surface area contributed by atoms with Crippen LogP contribution in [0.1, 0.15) is 11.1 Å². The van der Waals surface area contributed by atoms with E-state index in [4.69, 9.17) is 16.6 Å². The van der Waals surface area contributed by atoms with E-state index in [-0.39, 0.29) is 5.91 Å². The maximum Gasteiger partial charge on any atom is 0.227 e. The van der Waals surface area contributed by atoms with Gasteiger partial charge in [-0.1, -0.05) is 71.5 Å². The van der Waals surface area contributed by atoms with Crippen molar-refractivity contribution in [3.05, 3.63) is 70.7 Å². The fourth-order valence-electron chi connectivity index (χ4n) is 4.01. The van der Waals surface area contributed by atoms with Gasteiger partial charge in [0.2, 0.25) is 5.91 Å². The van der Waals surface area contributed by atoms with E-state index >= 15 is 0 Å². The van der Waals surface area contributed by atoms with E-state index in [1.54, 1.807) is 11.3 Å². The van der Waals surface area contributed by atoms with Crippen molar-refractivity contribution >= 4 is 55.0 Å². The maximum absolute atomic E-state index is 12.9. The van der Waals surface area contributed by atoms with Crippen molar-refractivity contribution in [3.8, 4) is 0 Å². The van der Waals surface area contributed by atoms with Crippen LogP contribution in [0.25, 0.3) is 21.0 Å². The van der Waals surface area contributed by atoms with Gasteiger partial charge in [0.1, 0.15) is 0 Å². The molecule has 1 saturated heterocycles. The predicted octanol–water partition coefficient (Wildman–Crippen LogP) is 5.30. The Balaban J connectivity index is 1.25. The first kappa shape index (κ1) is 19.3. The molecule has 0 radical (unpaired) electrons. The highest BCUT2D eigenvalue weighted by Crippen LogP contribution is 2.35. The van der Waals surface area contributed by atoms with Crippen molar-refractivity contribution in [1.29, 1.82) is 0 Å². The second-order valence-corrected chi connectivity index (χ2v) is 9.15. The molecule has 0 atom stereocenters. The van der Waals surface area contributed by atoms with Gasteiger partial charge in [-0.2, -0.15) is 0 Å². The Morgan fingerprint density at radius 2 is 1.80 bits per heavy atom. The molecule has 0 bridgehead atoms. The first-order valence-electron chi connectivity index (χ1n) is 10.1. The van der Waals surface area contributed by atoms with E-state index in [2.05, 4.69) is 42.2 Å². The van der Waals surface area contributed by atoms with Crippen LogP contribution in [-0.2, 0) is 11.2 Å². The molecule has 1 fully saturated rings. The van der Waals surface area contributed by atoms with E-state index in [0.29, 0.717) is 6.42 Å². The van der Waals surface area contributed by atoms with Crippen molar-refractivity contribution in [3.63, 3.8) is 0 Å². The van der Waals surface area contributed by atoms with Gasteiger partial charge in [-0.25, -0.2) is 4.98 Å². The number of amides is 1. The molecule has 4 nitrogen and oxygen atoms in total. The number of halogens is 1. The summed E-state index contributed by atoms with van der Waals surface area (Å²) in [6, 6.07) is 18.5. The van der Waals surface area contributed by atoms with Gasteiger partial charge in [0, 0.05) is 26.2 Å². The first-order chi connectivity index (χ1) is 14.6. The lowest BCUT2D eigenvalue weighted by Gasteiger charge is -2.34. The molecule has 1 aliphatic heterocycles. The molecule has 1 amide bonds. The van der Waals surface area contributed by atoms with E-state index in [9.17, 15) is 4.79 Å². The highest BCUT2D eigenvalue weighted by atomic mass is 35.5. The molecule has 0 saturated carbocycles. The topological polar surface area (TPSA) is 36.4 Å². The van der Waals surface area contributed by atoms with Gasteiger partial charge >= 0.3 is 0 Å². The summed E-state index contributed by atoms with van der Waals surface area (Å²) in [5.41, 5.74) is 3.19. The summed E-state index contributed by atoms with van der Waals surface area (Å²) in [4.78, 5) is 21.9. The number of hydrogen-bond acceptors (Lipinski definition) is 4. The molecule has 1 aromatic heterocycles. The highest BCUT2D eigenvalue weighted by molar-refractivity contribution is 7.22. The van der Waals surface area contributed by atoms with E-state index in [1.165, 1.54) is 10.8 Å². The molecule has 4 aromatic rings. The summed E-state index contributed by atoms with van der Waals surface area (Å²) < 4.78 is 1.04. The molecule has 1 aliphatic rings. The van der Waals surface area contributed by atoms with Crippen LogP contribution in [0.3, 0.4) is 0 Å². The lowest BCUT2D eigenvalue weighted by atomic mass is 10.0. The zero-order valence-electron chi connectivity index (χ0n) is 16.8. The zero-order chi connectivity index (χ0) is 20.7.